The number of urea groups is 1. The molecule has 0 spiro atoms. The summed E-state index contributed by atoms with van der Waals surface area (Å²) in [5, 5.41) is 15.4. The Morgan fingerprint density at radius 1 is 1.35 bits per heavy atom. The van der Waals surface area contributed by atoms with E-state index in [0.717, 1.165) is 36.5 Å². The van der Waals surface area contributed by atoms with Gasteiger partial charge in [-0.05, 0) is 37.8 Å². The van der Waals surface area contributed by atoms with E-state index in [1.807, 2.05) is 29.8 Å². The summed E-state index contributed by atoms with van der Waals surface area (Å²) >= 11 is 0. The Bertz CT molecular complexity index is 676. The molecule has 2 aromatic heterocycles. The fraction of sp³-hybridized carbons (Fsp3) is 0.438. The summed E-state index contributed by atoms with van der Waals surface area (Å²) in [6.07, 6.45) is 7.85. The molecule has 0 aliphatic heterocycles. The smallest absolute Gasteiger partial charge is 0.315 e. The molecule has 1 aliphatic carbocycles. The lowest BCUT2D eigenvalue weighted by molar-refractivity contribution is -0.0290. The predicted molar refractivity (Wildman–Crippen MR) is 85.1 cm³/mol. The number of nitrogens with zero attached hydrogens (tertiary/aromatic N) is 3. The maximum absolute atomic E-state index is 11.7. The largest absolute Gasteiger partial charge is 0.388 e. The lowest BCUT2D eigenvalue weighted by Crippen LogP contribution is -2.49. The molecule has 1 saturated carbocycles. The van der Waals surface area contributed by atoms with Crippen LogP contribution in [0.15, 0.2) is 30.7 Å². The molecule has 1 aliphatic rings. The number of aliphatic hydroxyl groups is 1. The highest BCUT2D eigenvalue weighted by Gasteiger charge is 2.34. The first-order chi connectivity index (χ1) is 11.1. The van der Waals surface area contributed by atoms with Crippen molar-refractivity contribution >= 4 is 6.03 Å². The van der Waals surface area contributed by atoms with Crippen LogP contribution in [0, 0.1) is 6.92 Å². The first-order valence-corrected chi connectivity index (χ1v) is 7.75. The lowest BCUT2D eigenvalue weighted by Gasteiger charge is -2.36. The molecule has 122 valence electrons. The molecule has 0 atom stereocenters. The molecule has 0 bridgehead atoms. The summed E-state index contributed by atoms with van der Waals surface area (Å²) in [5.74, 6) is 1.66. The average molecular weight is 315 g/mol. The Morgan fingerprint density at radius 2 is 2.17 bits per heavy atom. The van der Waals surface area contributed by atoms with E-state index in [2.05, 4.69) is 20.6 Å². The van der Waals surface area contributed by atoms with Crippen molar-refractivity contribution < 1.29 is 9.90 Å². The number of imidazole rings is 1. The van der Waals surface area contributed by atoms with E-state index in [1.54, 1.807) is 12.4 Å². The van der Waals surface area contributed by atoms with Gasteiger partial charge >= 0.3 is 6.03 Å². The second-order valence-electron chi connectivity index (χ2n) is 5.98. The number of amides is 2. The molecule has 2 heterocycles. The normalized spacial score (nSPS) is 15.7. The quantitative estimate of drug-likeness (QED) is 0.775. The first-order valence-electron chi connectivity index (χ1n) is 7.75. The zero-order valence-corrected chi connectivity index (χ0v) is 13.1. The van der Waals surface area contributed by atoms with Crippen molar-refractivity contribution in [1.82, 2.24) is 25.2 Å². The van der Waals surface area contributed by atoms with E-state index in [0.29, 0.717) is 13.1 Å². The fourth-order valence-electron chi connectivity index (χ4n) is 2.54. The van der Waals surface area contributed by atoms with Gasteiger partial charge in [0.25, 0.3) is 0 Å². The van der Waals surface area contributed by atoms with Gasteiger partial charge in [0.2, 0.25) is 0 Å². The maximum atomic E-state index is 11.7. The monoisotopic (exact) mass is 315 g/mol. The second kappa shape index (κ2) is 6.37. The number of pyridine rings is 1. The van der Waals surface area contributed by atoms with Gasteiger partial charge in [-0.15, -0.1) is 0 Å². The van der Waals surface area contributed by atoms with Crippen LogP contribution in [0.1, 0.15) is 30.7 Å². The van der Waals surface area contributed by atoms with Gasteiger partial charge < -0.3 is 15.7 Å². The molecule has 7 nitrogen and oxygen atoms in total. The third-order valence-electron chi connectivity index (χ3n) is 4.20. The minimum absolute atomic E-state index is 0.278. The van der Waals surface area contributed by atoms with Gasteiger partial charge in [0.05, 0.1) is 5.60 Å². The summed E-state index contributed by atoms with van der Waals surface area (Å²) < 4.78 is 1.89. The topological polar surface area (TPSA) is 92.1 Å². The molecule has 0 radical (unpaired) electrons. The van der Waals surface area contributed by atoms with Crippen LogP contribution in [-0.4, -0.2) is 37.8 Å². The van der Waals surface area contributed by atoms with Crippen molar-refractivity contribution in [3.8, 4) is 5.82 Å². The zero-order valence-electron chi connectivity index (χ0n) is 13.1. The zero-order chi connectivity index (χ0) is 16.3. The van der Waals surface area contributed by atoms with Crippen LogP contribution in [0.4, 0.5) is 4.79 Å². The highest BCUT2D eigenvalue weighted by molar-refractivity contribution is 5.73. The average Bonchev–Trinajstić information content (AvgIpc) is 2.95. The third-order valence-corrected chi connectivity index (χ3v) is 4.20. The molecule has 2 amide bonds. The number of rotatable bonds is 5. The van der Waals surface area contributed by atoms with Crippen molar-refractivity contribution in [2.45, 2.75) is 38.3 Å². The summed E-state index contributed by atoms with van der Waals surface area (Å²) in [7, 11) is 0. The Balaban J connectivity index is 1.48. The van der Waals surface area contributed by atoms with Gasteiger partial charge in [0.1, 0.15) is 11.6 Å². The molecular formula is C16H21N5O2. The lowest BCUT2D eigenvalue weighted by atomic mass is 9.80. The van der Waals surface area contributed by atoms with E-state index in [4.69, 9.17) is 0 Å². The summed E-state index contributed by atoms with van der Waals surface area (Å²) in [6.45, 7) is 2.61. The summed E-state index contributed by atoms with van der Waals surface area (Å²) in [5.41, 5.74) is 0.201. The maximum Gasteiger partial charge on any atom is 0.315 e. The third kappa shape index (κ3) is 3.68. The molecule has 2 aromatic rings. The molecule has 3 N–H and O–H groups in total. The van der Waals surface area contributed by atoms with Crippen LogP contribution < -0.4 is 10.6 Å². The van der Waals surface area contributed by atoms with E-state index in [9.17, 15) is 9.90 Å². The number of nitrogens with one attached hydrogen (secondary N) is 2. The van der Waals surface area contributed by atoms with Crippen LogP contribution in [0.2, 0.25) is 0 Å². The predicted octanol–water partition coefficient (Wildman–Crippen LogP) is 1.29. The molecule has 0 saturated heterocycles. The van der Waals surface area contributed by atoms with Crippen molar-refractivity contribution in [3.05, 3.63) is 42.1 Å². The van der Waals surface area contributed by atoms with Gasteiger partial charge in [-0.2, -0.15) is 0 Å². The van der Waals surface area contributed by atoms with Crippen molar-refractivity contribution in [3.63, 3.8) is 0 Å². The molecule has 7 heteroatoms. The number of carbonyl (C=O) groups is 1. The molecule has 3 rings (SSSR count). The summed E-state index contributed by atoms with van der Waals surface area (Å²) in [4.78, 5) is 20.3. The molecular weight excluding hydrogens is 294 g/mol. The van der Waals surface area contributed by atoms with Gasteiger partial charge in [0, 0.05) is 31.7 Å². The van der Waals surface area contributed by atoms with Gasteiger partial charge in [-0.25, -0.2) is 14.8 Å². The van der Waals surface area contributed by atoms with Crippen LogP contribution >= 0.6 is 0 Å². The van der Waals surface area contributed by atoms with E-state index >= 15 is 0 Å². The van der Waals surface area contributed by atoms with Gasteiger partial charge in [0.15, 0.2) is 0 Å². The molecule has 0 aromatic carbocycles. The van der Waals surface area contributed by atoms with Crippen LogP contribution in [0.5, 0.6) is 0 Å². The van der Waals surface area contributed by atoms with Gasteiger partial charge in [-0.1, -0.05) is 6.07 Å². The van der Waals surface area contributed by atoms with Crippen LogP contribution in [0.3, 0.4) is 0 Å². The van der Waals surface area contributed by atoms with E-state index < -0.39 is 5.60 Å². The second-order valence-corrected chi connectivity index (χ2v) is 5.98. The molecule has 0 unspecified atom stereocenters. The Kier molecular flexibility index (Phi) is 4.29. The minimum atomic E-state index is -0.705. The highest BCUT2D eigenvalue weighted by Crippen LogP contribution is 2.30. The van der Waals surface area contributed by atoms with E-state index in [1.165, 1.54) is 0 Å². The number of carbonyl (C=O) groups excluding carboxylic acids is 1. The highest BCUT2D eigenvalue weighted by atomic mass is 16.3. The number of aromatic nitrogens is 3. The van der Waals surface area contributed by atoms with Crippen LogP contribution in [0.25, 0.3) is 5.82 Å². The minimum Gasteiger partial charge on any atom is -0.388 e. The number of aryl methyl sites for hydroxylation is 1. The Hall–Kier alpha value is -2.41. The summed E-state index contributed by atoms with van der Waals surface area (Å²) in [6, 6.07) is 3.53. The molecule has 23 heavy (non-hydrogen) atoms. The van der Waals surface area contributed by atoms with Gasteiger partial charge in [-0.3, -0.25) is 4.57 Å². The van der Waals surface area contributed by atoms with Crippen molar-refractivity contribution in [2.75, 3.05) is 6.54 Å². The van der Waals surface area contributed by atoms with Crippen molar-refractivity contribution in [2.24, 2.45) is 0 Å². The fourth-order valence-corrected chi connectivity index (χ4v) is 2.54. The number of hydrogen-bond acceptors (Lipinski definition) is 4. The number of hydrogen-bond donors (Lipinski definition) is 3. The van der Waals surface area contributed by atoms with E-state index in [-0.39, 0.29) is 6.03 Å². The first kappa shape index (κ1) is 15.5. The molecule has 1 fully saturated rings. The Labute approximate surface area is 134 Å². The SMILES string of the molecule is Cc1nccn1-c1ccc(CNC(=O)NCC2(O)CCC2)cn1. The standard InChI is InChI=1S/C16H21N5O2/c1-12-17-7-8-21(12)14-4-3-13(9-18-14)10-19-15(22)20-11-16(23)5-2-6-16/h3-4,7-9,23H,2,5-6,10-11H2,1H3,(H2,19,20,22). The van der Waals surface area contributed by atoms with Crippen molar-refractivity contribution in [1.29, 1.82) is 0 Å². The van der Waals surface area contributed by atoms with Crippen LogP contribution in [-0.2, 0) is 6.54 Å². The Morgan fingerprint density at radius 3 is 2.74 bits per heavy atom.